The predicted molar refractivity (Wildman–Crippen MR) is 56.7 cm³/mol. The van der Waals surface area contributed by atoms with E-state index in [9.17, 15) is 23.3 Å². The molecule has 1 unspecified atom stereocenters. The molecule has 5 nitrogen and oxygen atoms in total. The summed E-state index contributed by atoms with van der Waals surface area (Å²) in [5.74, 6) is 0. The molecule has 0 saturated carbocycles. The summed E-state index contributed by atoms with van der Waals surface area (Å²) in [5.41, 5.74) is 2.08. The van der Waals surface area contributed by atoms with Gasteiger partial charge in [-0.3, -0.25) is 10.1 Å². The number of halogens is 3. The van der Waals surface area contributed by atoms with Crippen LogP contribution in [0.5, 0.6) is 0 Å². The van der Waals surface area contributed by atoms with Gasteiger partial charge >= 0.3 is 6.18 Å². The van der Waals surface area contributed by atoms with Gasteiger partial charge in [0.1, 0.15) is 0 Å². The number of rotatable bonds is 3. The number of aliphatic hydroxyl groups is 1. The summed E-state index contributed by atoms with van der Waals surface area (Å²) < 4.78 is 37.3. The Kier molecular flexibility index (Phi) is 3.63. The lowest BCUT2D eigenvalue weighted by atomic mass is 9.91. The van der Waals surface area contributed by atoms with Gasteiger partial charge in [-0.25, -0.2) is 0 Å². The van der Waals surface area contributed by atoms with E-state index < -0.39 is 34.5 Å². The molecule has 1 aromatic carbocycles. The van der Waals surface area contributed by atoms with Crippen LogP contribution in [0.1, 0.15) is 18.1 Å². The Bertz CT molecular complexity index is 472. The topological polar surface area (TPSA) is 89.4 Å². The lowest BCUT2D eigenvalue weighted by Gasteiger charge is -2.22. The third-order valence-electron chi connectivity index (χ3n) is 2.47. The number of nitro benzene ring substituents is 1. The minimum Gasteiger partial charge on any atom is -0.394 e. The van der Waals surface area contributed by atoms with E-state index >= 15 is 0 Å². The van der Waals surface area contributed by atoms with Gasteiger partial charge in [0.05, 0.1) is 28.2 Å². The molecule has 1 atom stereocenters. The standard InChI is InChI=1S/C10H11F3N2O3/c1-9(14,5-16)7-3-2-6(10(11,12)13)4-8(7)15(17)18/h2-4,16H,5,14H2,1H3. The third-order valence-corrected chi connectivity index (χ3v) is 2.47. The Morgan fingerprint density at radius 1 is 1.44 bits per heavy atom. The summed E-state index contributed by atoms with van der Waals surface area (Å²) in [6.45, 7) is 0.668. The van der Waals surface area contributed by atoms with Gasteiger partial charge in [-0.15, -0.1) is 0 Å². The van der Waals surface area contributed by atoms with Crippen LogP contribution in [0, 0.1) is 10.1 Å². The quantitative estimate of drug-likeness (QED) is 0.643. The van der Waals surface area contributed by atoms with Crippen LogP contribution >= 0.6 is 0 Å². The van der Waals surface area contributed by atoms with Crippen molar-refractivity contribution in [2.24, 2.45) is 5.73 Å². The number of hydrogen-bond acceptors (Lipinski definition) is 4. The largest absolute Gasteiger partial charge is 0.416 e. The van der Waals surface area contributed by atoms with Crippen molar-refractivity contribution in [2.45, 2.75) is 18.6 Å². The number of benzene rings is 1. The molecule has 0 heterocycles. The summed E-state index contributed by atoms with van der Waals surface area (Å²) >= 11 is 0. The maximum Gasteiger partial charge on any atom is 0.416 e. The van der Waals surface area contributed by atoms with Gasteiger partial charge in [0.15, 0.2) is 0 Å². The van der Waals surface area contributed by atoms with Crippen LogP contribution in [0.15, 0.2) is 18.2 Å². The van der Waals surface area contributed by atoms with Crippen LogP contribution in [0.25, 0.3) is 0 Å². The van der Waals surface area contributed by atoms with Gasteiger partial charge in [0, 0.05) is 6.07 Å². The fourth-order valence-corrected chi connectivity index (χ4v) is 1.43. The minimum atomic E-state index is -4.67. The zero-order chi connectivity index (χ0) is 14.1. The zero-order valence-electron chi connectivity index (χ0n) is 9.36. The van der Waals surface area contributed by atoms with E-state index in [1.54, 1.807) is 0 Å². The number of hydrogen-bond donors (Lipinski definition) is 2. The molecule has 0 saturated heterocycles. The Labute approximate surface area is 100 Å². The van der Waals surface area contributed by atoms with Gasteiger partial charge < -0.3 is 10.8 Å². The molecule has 0 fully saturated rings. The van der Waals surface area contributed by atoms with Crippen LogP contribution in [0.2, 0.25) is 0 Å². The van der Waals surface area contributed by atoms with Gasteiger partial charge in [-0.05, 0) is 19.1 Å². The Balaban J connectivity index is 3.44. The predicted octanol–water partition coefficient (Wildman–Crippen LogP) is 1.78. The highest BCUT2D eigenvalue weighted by Crippen LogP contribution is 2.35. The van der Waals surface area contributed by atoms with E-state index in [-0.39, 0.29) is 5.56 Å². The molecule has 1 aromatic rings. The van der Waals surface area contributed by atoms with Crippen molar-refractivity contribution in [1.29, 1.82) is 0 Å². The fraction of sp³-hybridized carbons (Fsp3) is 0.400. The van der Waals surface area contributed by atoms with E-state index in [1.807, 2.05) is 0 Å². The molecule has 0 aliphatic carbocycles. The molecule has 8 heteroatoms. The summed E-state index contributed by atoms with van der Waals surface area (Å²) in [6.07, 6.45) is -4.67. The van der Waals surface area contributed by atoms with Crippen LogP contribution in [0.3, 0.4) is 0 Å². The highest BCUT2D eigenvalue weighted by Gasteiger charge is 2.35. The third kappa shape index (κ3) is 2.77. The molecular weight excluding hydrogens is 253 g/mol. The number of alkyl halides is 3. The van der Waals surface area contributed by atoms with Gasteiger partial charge in [-0.1, -0.05) is 0 Å². The second-order valence-corrected chi connectivity index (χ2v) is 4.06. The summed E-state index contributed by atoms with van der Waals surface area (Å²) in [5, 5.41) is 19.8. The first-order valence-corrected chi connectivity index (χ1v) is 4.85. The van der Waals surface area contributed by atoms with Crippen LogP contribution in [-0.4, -0.2) is 16.6 Å². The highest BCUT2D eigenvalue weighted by molar-refractivity contribution is 5.47. The first-order valence-electron chi connectivity index (χ1n) is 4.85. The van der Waals surface area contributed by atoms with Gasteiger partial charge in [-0.2, -0.15) is 13.2 Å². The van der Waals surface area contributed by atoms with Crippen LogP contribution in [0.4, 0.5) is 18.9 Å². The van der Waals surface area contributed by atoms with Crippen LogP contribution < -0.4 is 5.73 Å². The number of aliphatic hydroxyl groups excluding tert-OH is 1. The first kappa shape index (κ1) is 14.4. The number of nitrogens with two attached hydrogens (primary N) is 1. The second-order valence-electron chi connectivity index (χ2n) is 4.06. The smallest absolute Gasteiger partial charge is 0.394 e. The van der Waals surface area contributed by atoms with E-state index in [4.69, 9.17) is 10.8 Å². The molecule has 0 aliphatic heterocycles. The zero-order valence-corrected chi connectivity index (χ0v) is 9.36. The Morgan fingerprint density at radius 2 is 2.00 bits per heavy atom. The molecule has 100 valence electrons. The molecular formula is C10H11F3N2O3. The normalized spacial score (nSPS) is 15.2. The molecule has 0 spiro atoms. The van der Waals surface area contributed by atoms with Crippen molar-refractivity contribution in [3.05, 3.63) is 39.4 Å². The summed E-state index contributed by atoms with van der Waals surface area (Å²) in [4.78, 5) is 9.81. The minimum absolute atomic E-state index is 0.150. The monoisotopic (exact) mass is 264 g/mol. The summed E-state index contributed by atoms with van der Waals surface area (Å²) in [7, 11) is 0. The molecule has 0 amide bonds. The lowest BCUT2D eigenvalue weighted by Crippen LogP contribution is -2.37. The second kappa shape index (κ2) is 4.54. The van der Waals surface area contributed by atoms with Gasteiger partial charge in [0.25, 0.3) is 5.69 Å². The van der Waals surface area contributed by atoms with Crippen molar-refractivity contribution in [3.63, 3.8) is 0 Å². The van der Waals surface area contributed by atoms with Crippen LogP contribution in [-0.2, 0) is 11.7 Å². The maximum atomic E-state index is 12.4. The first-order chi connectivity index (χ1) is 8.09. The van der Waals surface area contributed by atoms with Crippen molar-refractivity contribution in [3.8, 4) is 0 Å². The van der Waals surface area contributed by atoms with E-state index in [2.05, 4.69) is 0 Å². The van der Waals surface area contributed by atoms with Crippen molar-refractivity contribution in [2.75, 3.05) is 6.61 Å². The van der Waals surface area contributed by atoms with Crippen molar-refractivity contribution >= 4 is 5.69 Å². The fourth-order valence-electron chi connectivity index (χ4n) is 1.43. The van der Waals surface area contributed by atoms with Crippen molar-refractivity contribution in [1.82, 2.24) is 0 Å². The molecule has 0 aliphatic rings. The Morgan fingerprint density at radius 3 is 2.39 bits per heavy atom. The molecule has 1 rings (SSSR count). The number of nitro groups is 1. The van der Waals surface area contributed by atoms with E-state index in [1.165, 1.54) is 6.92 Å². The average molecular weight is 264 g/mol. The Hall–Kier alpha value is -1.67. The summed E-state index contributed by atoms with van der Waals surface area (Å²) in [6, 6.07) is 2.02. The molecule has 18 heavy (non-hydrogen) atoms. The molecule has 0 aromatic heterocycles. The van der Waals surface area contributed by atoms with E-state index in [0.717, 1.165) is 6.07 Å². The molecule has 3 N–H and O–H groups in total. The molecule has 0 bridgehead atoms. The van der Waals surface area contributed by atoms with Crippen molar-refractivity contribution < 1.29 is 23.2 Å². The SMILES string of the molecule is CC(N)(CO)c1ccc(C(F)(F)F)cc1[N+](=O)[O-]. The average Bonchev–Trinajstić information content (AvgIpc) is 2.27. The lowest BCUT2D eigenvalue weighted by molar-refractivity contribution is -0.386. The maximum absolute atomic E-state index is 12.4. The van der Waals surface area contributed by atoms with E-state index in [0.29, 0.717) is 12.1 Å². The highest BCUT2D eigenvalue weighted by atomic mass is 19.4. The molecule has 0 radical (unpaired) electrons. The number of nitrogens with zero attached hydrogens (tertiary/aromatic N) is 1. The van der Waals surface area contributed by atoms with Gasteiger partial charge in [0.2, 0.25) is 0 Å².